The minimum absolute atomic E-state index is 0.0843. The first-order valence-electron chi connectivity index (χ1n) is 3.29. The van der Waals surface area contributed by atoms with E-state index >= 15 is 0 Å². The van der Waals surface area contributed by atoms with Crippen LogP contribution in [-0.2, 0) is 4.74 Å². The fraction of sp³-hybridized carbons (Fsp3) is 0.500. The van der Waals surface area contributed by atoms with Crippen molar-refractivity contribution in [1.82, 2.24) is 0 Å². The van der Waals surface area contributed by atoms with Crippen LogP contribution in [0.25, 0.3) is 0 Å². The summed E-state index contributed by atoms with van der Waals surface area (Å²) in [5, 5.41) is 8.32. The van der Waals surface area contributed by atoms with Crippen LogP contribution in [0.3, 0.4) is 0 Å². The molecule has 2 heteroatoms. The van der Waals surface area contributed by atoms with Gasteiger partial charge in [-0.25, -0.2) is 0 Å². The van der Waals surface area contributed by atoms with Gasteiger partial charge in [0.1, 0.15) is 0 Å². The lowest BCUT2D eigenvalue weighted by molar-refractivity contribution is 0.112. The van der Waals surface area contributed by atoms with Crippen molar-refractivity contribution in [2.45, 2.75) is 6.92 Å². The van der Waals surface area contributed by atoms with Crippen molar-refractivity contribution in [2.24, 2.45) is 0 Å². The molecule has 0 fully saturated rings. The summed E-state index contributed by atoms with van der Waals surface area (Å²) in [5.74, 6) is 0. The van der Waals surface area contributed by atoms with Gasteiger partial charge < -0.3 is 9.84 Å². The molecular formula is C8H14O2. The molecule has 0 rings (SSSR count). The second-order valence-electron chi connectivity index (χ2n) is 1.95. The van der Waals surface area contributed by atoms with E-state index in [1.807, 2.05) is 13.0 Å². The van der Waals surface area contributed by atoms with Gasteiger partial charge in [-0.3, -0.25) is 0 Å². The Hall–Kier alpha value is -0.600. The van der Waals surface area contributed by atoms with E-state index in [9.17, 15) is 0 Å². The lowest BCUT2D eigenvalue weighted by Gasteiger charge is -1.96. The fourth-order valence-corrected chi connectivity index (χ4v) is 0.422. The second kappa shape index (κ2) is 6.52. The van der Waals surface area contributed by atoms with Crippen LogP contribution in [0.4, 0.5) is 0 Å². The molecule has 0 spiro atoms. The summed E-state index contributed by atoms with van der Waals surface area (Å²) >= 11 is 0. The molecule has 0 aliphatic heterocycles. The SMILES string of the molecule is C=C/C(C)=C/COCCO. The zero-order valence-corrected chi connectivity index (χ0v) is 6.34. The Balaban J connectivity index is 3.24. The van der Waals surface area contributed by atoms with Gasteiger partial charge in [-0.15, -0.1) is 0 Å². The molecule has 0 heterocycles. The zero-order valence-electron chi connectivity index (χ0n) is 6.34. The van der Waals surface area contributed by atoms with Crippen molar-refractivity contribution in [3.8, 4) is 0 Å². The maximum atomic E-state index is 8.32. The third kappa shape index (κ3) is 5.54. The summed E-state index contributed by atoms with van der Waals surface area (Å²) in [6.07, 6.45) is 3.69. The van der Waals surface area contributed by atoms with Crippen molar-refractivity contribution in [3.63, 3.8) is 0 Å². The molecule has 0 aromatic heterocycles. The predicted molar refractivity (Wildman–Crippen MR) is 41.9 cm³/mol. The average Bonchev–Trinajstić information content (AvgIpc) is 1.98. The van der Waals surface area contributed by atoms with Gasteiger partial charge >= 0.3 is 0 Å². The largest absolute Gasteiger partial charge is 0.394 e. The van der Waals surface area contributed by atoms with E-state index in [4.69, 9.17) is 9.84 Å². The van der Waals surface area contributed by atoms with Gasteiger partial charge in [0.15, 0.2) is 0 Å². The minimum atomic E-state index is 0.0843. The van der Waals surface area contributed by atoms with E-state index in [-0.39, 0.29) is 6.61 Å². The molecule has 10 heavy (non-hydrogen) atoms. The molecule has 0 aliphatic carbocycles. The highest BCUT2D eigenvalue weighted by Crippen LogP contribution is 1.91. The van der Waals surface area contributed by atoms with Crippen molar-refractivity contribution < 1.29 is 9.84 Å². The first kappa shape index (κ1) is 9.40. The lowest BCUT2D eigenvalue weighted by atomic mass is 10.3. The zero-order chi connectivity index (χ0) is 7.82. The normalized spacial score (nSPS) is 11.6. The molecule has 0 aromatic carbocycles. The van der Waals surface area contributed by atoms with Crippen LogP contribution >= 0.6 is 0 Å². The van der Waals surface area contributed by atoms with E-state index in [1.54, 1.807) is 6.08 Å². The van der Waals surface area contributed by atoms with Crippen LogP contribution in [0.15, 0.2) is 24.3 Å². The summed E-state index contributed by atoms with van der Waals surface area (Å²) in [6.45, 7) is 6.58. The smallest absolute Gasteiger partial charge is 0.0701 e. The Morgan fingerprint density at radius 1 is 1.70 bits per heavy atom. The Kier molecular flexibility index (Phi) is 6.13. The minimum Gasteiger partial charge on any atom is -0.394 e. The summed E-state index contributed by atoms with van der Waals surface area (Å²) in [7, 11) is 0. The second-order valence-corrected chi connectivity index (χ2v) is 1.95. The topological polar surface area (TPSA) is 29.5 Å². The Bertz CT molecular complexity index is 116. The standard InChI is InChI=1S/C8H14O2/c1-3-8(2)4-6-10-7-5-9/h3-4,9H,1,5-7H2,2H3/b8-4+. The van der Waals surface area contributed by atoms with E-state index < -0.39 is 0 Å². The van der Waals surface area contributed by atoms with Crippen LogP contribution in [0.1, 0.15) is 6.92 Å². The quantitative estimate of drug-likeness (QED) is 0.460. The molecule has 0 atom stereocenters. The summed E-state index contributed by atoms with van der Waals surface area (Å²) in [6, 6.07) is 0. The molecule has 0 saturated carbocycles. The first-order chi connectivity index (χ1) is 4.81. The Morgan fingerprint density at radius 3 is 2.90 bits per heavy atom. The Morgan fingerprint density at radius 2 is 2.40 bits per heavy atom. The van der Waals surface area contributed by atoms with Crippen molar-refractivity contribution in [1.29, 1.82) is 0 Å². The number of ether oxygens (including phenoxy) is 1. The first-order valence-corrected chi connectivity index (χ1v) is 3.29. The molecule has 1 N–H and O–H groups in total. The van der Waals surface area contributed by atoms with Crippen LogP contribution in [0, 0.1) is 0 Å². The van der Waals surface area contributed by atoms with E-state index in [0.29, 0.717) is 13.2 Å². The third-order valence-corrected chi connectivity index (χ3v) is 1.08. The maximum Gasteiger partial charge on any atom is 0.0701 e. The van der Waals surface area contributed by atoms with Crippen LogP contribution in [0.2, 0.25) is 0 Å². The molecule has 58 valence electrons. The third-order valence-electron chi connectivity index (χ3n) is 1.08. The molecule has 2 nitrogen and oxygen atoms in total. The van der Waals surface area contributed by atoms with Gasteiger partial charge in [-0.05, 0) is 6.92 Å². The van der Waals surface area contributed by atoms with Gasteiger partial charge in [0, 0.05) is 0 Å². The van der Waals surface area contributed by atoms with Crippen LogP contribution in [0.5, 0.6) is 0 Å². The van der Waals surface area contributed by atoms with Gasteiger partial charge in [-0.1, -0.05) is 24.3 Å². The monoisotopic (exact) mass is 142 g/mol. The summed E-state index contributed by atoms with van der Waals surface area (Å²) < 4.78 is 4.98. The van der Waals surface area contributed by atoms with Gasteiger partial charge in [0.2, 0.25) is 0 Å². The van der Waals surface area contributed by atoms with Crippen LogP contribution in [-0.4, -0.2) is 24.9 Å². The maximum absolute atomic E-state index is 8.32. The van der Waals surface area contributed by atoms with Crippen LogP contribution < -0.4 is 0 Å². The highest BCUT2D eigenvalue weighted by molar-refractivity contribution is 5.12. The average molecular weight is 142 g/mol. The lowest BCUT2D eigenvalue weighted by Crippen LogP contribution is -1.98. The molecule has 0 unspecified atom stereocenters. The van der Waals surface area contributed by atoms with E-state index in [1.165, 1.54) is 0 Å². The van der Waals surface area contributed by atoms with Gasteiger partial charge in [0.05, 0.1) is 19.8 Å². The van der Waals surface area contributed by atoms with E-state index in [0.717, 1.165) is 5.57 Å². The van der Waals surface area contributed by atoms with Crippen molar-refractivity contribution in [3.05, 3.63) is 24.3 Å². The molecule has 0 saturated heterocycles. The number of aliphatic hydroxyl groups excluding tert-OH is 1. The molecule has 0 aliphatic rings. The highest BCUT2D eigenvalue weighted by Gasteiger charge is 1.81. The van der Waals surface area contributed by atoms with Crippen molar-refractivity contribution >= 4 is 0 Å². The molecule has 0 radical (unpaired) electrons. The van der Waals surface area contributed by atoms with Gasteiger partial charge in [-0.2, -0.15) is 0 Å². The highest BCUT2D eigenvalue weighted by atomic mass is 16.5. The fourth-order valence-electron chi connectivity index (χ4n) is 0.422. The number of allylic oxidation sites excluding steroid dienone is 2. The predicted octanol–water partition coefficient (Wildman–Crippen LogP) is 1.13. The summed E-state index contributed by atoms with van der Waals surface area (Å²) in [4.78, 5) is 0. The molecular weight excluding hydrogens is 128 g/mol. The molecule has 0 aromatic rings. The van der Waals surface area contributed by atoms with Crippen molar-refractivity contribution in [2.75, 3.05) is 19.8 Å². The summed E-state index contributed by atoms with van der Waals surface area (Å²) in [5.41, 5.74) is 1.10. The number of rotatable bonds is 5. The number of hydrogen-bond acceptors (Lipinski definition) is 2. The number of hydrogen-bond donors (Lipinski definition) is 1. The Labute approximate surface area is 61.8 Å². The van der Waals surface area contributed by atoms with Gasteiger partial charge in [0.25, 0.3) is 0 Å². The van der Waals surface area contributed by atoms with E-state index in [2.05, 4.69) is 6.58 Å². The molecule has 0 bridgehead atoms. The number of aliphatic hydroxyl groups is 1. The molecule has 0 amide bonds.